The summed E-state index contributed by atoms with van der Waals surface area (Å²) < 4.78 is 42.4. The van der Waals surface area contributed by atoms with Gasteiger partial charge >= 0.3 is 6.18 Å². The zero-order chi connectivity index (χ0) is 16.2. The van der Waals surface area contributed by atoms with E-state index in [-0.39, 0.29) is 23.0 Å². The summed E-state index contributed by atoms with van der Waals surface area (Å²) in [4.78, 5) is 0. The fraction of sp³-hybridized carbons (Fsp3) is 0.250. The minimum Gasteiger partial charge on any atom is -0.364 e. The van der Waals surface area contributed by atoms with E-state index in [4.69, 9.17) is 11.1 Å². The highest BCUT2D eigenvalue weighted by Crippen LogP contribution is 2.30. The lowest BCUT2D eigenvalue weighted by atomic mass is 10.2. The van der Waals surface area contributed by atoms with Gasteiger partial charge in [0.25, 0.3) is 0 Å². The Morgan fingerprint density at radius 2 is 2.09 bits per heavy atom. The number of nitrogens with zero attached hydrogens (tertiary/aromatic N) is 2. The summed E-state index contributed by atoms with van der Waals surface area (Å²) in [6, 6.07) is 4.49. The first-order valence-electron chi connectivity index (χ1n) is 6.21. The van der Waals surface area contributed by atoms with Crippen molar-refractivity contribution in [3.63, 3.8) is 0 Å². The van der Waals surface area contributed by atoms with Crippen LogP contribution in [0.4, 0.5) is 24.7 Å². The van der Waals surface area contributed by atoms with E-state index < -0.39 is 11.7 Å². The standard InChI is InChI=1S/C12H13F3N6O/c13-12(14,15)7-2-1-3-8(6-7)19-10(17)9-11(18-5-4-16)21-22-20-9/h1-3,6H,4-5,16H2,(H2,17,19)(H,18,21). The number of aromatic nitrogens is 2. The summed E-state index contributed by atoms with van der Waals surface area (Å²) in [7, 11) is 0. The lowest BCUT2D eigenvalue weighted by Crippen LogP contribution is -2.18. The van der Waals surface area contributed by atoms with E-state index in [0.29, 0.717) is 13.1 Å². The van der Waals surface area contributed by atoms with Crippen molar-refractivity contribution in [3.05, 3.63) is 35.5 Å². The Bertz CT molecular complexity index is 654. The number of nitrogens with one attached hydrogen (secondary N) is 3. The van der Waals surface area contributed by atoms with Crippen LogP contribution in [-0.2, 0) is 6.18 Å². The molecule has 0 saturated heterocycles. The van der Waals surface area contributed by atoms with Crippen molar-refractivity contribution in [2.75, 3.05) is 23.7 Å². The van der Waals surface area contributed by atoms with Gasteiger partial charge in [-0.25, -0.2) is 4.63 Å². The number of nitrogens with two attached hydrogens (primary N) is 1. The van der Waals surface area contributed by atoms with Gasteiger partial charge in [-0.3, -0.25) is 5.41 Å². The first-order chi connectivity index (χ1) is 10.4. The molecular weight excluding hydrogens is 301 g/mol. The molecule has 0 aliphatic heterocycles. The fourth-order valence-electron chi connectivity index (χ4n) is 1.64. The number of alkyl halides is 3. The van der Waals surface area contributed by atoms with Crippen LogP contribution in [0, 0.1) is 5.41 Å². The van der Waals surface area contributed by atoms with Crippen LogP contribution in [0.2, 0.25) is 0 Å². The molecule has 1 aromatic carbocycles. The lowest BCUT2D eigenvalue weighted by molar-refractivity contribution is -0.137. The number of amidine groups is 1. The van der Waals surface area contributed by atoms with Gasteiger partial charge in [0.15, 0.2) is 11.5 Å². The molecule has 10 heteroatoms. The number of hydrogen-bond acceptors (Lipinski definition) is 6. The minimum atomic E-state index is -4.46. The predicted octanol–water partition coefficient (Wildman–Crippen LogP) is 1.90. The smallest absolute Gasteiger partial charge is 0.364 e. The molecule has 5 N–H and O–H groups in total. The van der Waals surface area contributed by atoms with Gasteiger partial charge in [0, 0.05) is 18.8 Å². The number of benzene rings is 1. The minimum absolute atomic E-state index is 0.0471. The Morgan fingerprint density at radius 1 is 1.32 bits per heavy atom. The fourth-order valence-corrected chi connectivity index (χ4v) is 1.64. The molecule has 0 atom stereocenters. The normalized spacial score (nSPS) is 11.3. The SMILES string of the molecule is N=C(Nc1cccc(C(F)(F)F)c1)c1nonc1NCCN. The molecule has 1 aromatic heterocycles. The zero-order valence-corrected chi connectivity index (χ0v) is 11.2. The van der Waals surface area contributed by atoms with Crippen LogP contribution in [0.25, 0.3) is 0 Å². The highest BCUT2D eigenvalue weighted by Gasteiger charge is 2.30. The summed E-state index contributed by atoms with van der Waals surface area (Å²) in [5.41, 5.74) is 4.67. The Hall–Kier alpha value is -2.62. The van der Waals surface area contributed by atoms with E-state index in [1.54, 1.807) is 0 Å². The lowest BCUT2D eigenvalue weighted by Gasteiger charge is -2.10. The van der Waals surface area contributed by atoms with Crippen molar-refractivity contribution < 1.29 is 17.8 Å². The van der Waals surface area contributed by atoms with Crippen molar-refractivity contribution in [2.24, 2.45) is 5.73 Å². The zero-order valence-electron chi connectivity index (χ0n) is 11.2. The molecule has 0 radical (unpaired) electrons. The second-order valence-electron chi connectivity index (χ2n) is 4.26. The van der Waals surface area contributed by atoms with Gasteiger partial charge in [-0.15, -0.1) is 0 Å². The largest absolute Gasteiger partial charge is 0.416 e. The van der Waals surface area contributed by atoms with Crippen molar-refractivity contribution in [2.45, 2.75) is 6.18 Å². The summed E-state index contributed by atoms with van der Waals surface area (Å²) in [6.45, 7) is 0.721. The summed E-state index contributed by atoms with van der Waals surface area (Å²) in [5.74, 6) is -0.0602. The Balaban J connectivity index is 2.14. The van der Waals surface area contributed by atoms with Crippen LogP contribution in [0.1, 0.15) is 11.3 Å². The van der Waals surface area contributed by atoms with Crippen LogP contribution in [0.5, 0.6) is 0 Å². The molecule has 0 aliphatic rings. The van der Waals surface area contributed by atoms with E-state index >= 15 is 0 Å². The average Bonchev–Trinajstić information content (AvgIpc) is 2.93. The van der Waals surface area contributed by atoms with Crippen molar-refractivity contribution in [3.8, 4) is 0 Å². The molecule has 0 amide bonds. The predicted molar refractivity (Wildman–Crippen MR) is 73.7 cm³/mol. The molecule has 1 heterocycles. The van der Waals surface area contributed by atoms with Gasteiger partial charge in [0.1, 0.15) is 0 Å². The highest BCUT2D eigenvalue weighted by molar-refractivity contribution is 6.07. The molecule has 0 unspecified atom stereocenters. The Kier molecular flexibility index (Phi) is 4.61. The third kappa shape index (κ3) is 3.73. The summed E-state index contributed by atoms with van der Waals surface area (Å²) in [5, 5.41) is 20.3. The van der Waals surface area contributed by atoms with Crippen LogP contribution in [0.15, 0.2) is 28.9 Å². The summed E-state index contributed by atoms with van der Waals surface area (Å²) >= 11 is 0. The number of rotatable bonds is 5. The molecule has 0 aliphatic carbocycles. The molecular formula is C12H13F3N6O. The molecule has 0 saturated carbocycles. The summed E-state index contributed by atoms with van der Waals surface area (Å²) in [6.07, 6.45) is -4.46. The van der Waals surface area contributed by atoms with E-state index in [1.165, 1.54) is 12.1 Å². The van der Waals surface area contributed by atoms with Crippen LogP contribution in [-0.4, -0.2) is 29.2 Å². The number of halogens is 3. The van der Waals surface area contributed by atoms with E-state index in [9.17, 15) is 13.2 Å². The topological polar surface area (TPSA) is 113 Å². The van der Waals surface area contributed by atoms with Crippen molar-refractivity contribution in [1.82, 2.24) is 10.3 Å². The molecule has 0 spiro atoms. The van der Waals surface area contributed by atoms with Gasteiger partial charge in [-0.2, -0.15) is 13.2 Å². The van der Waals surface area contributed by atoms with Crippen LogP contribution in [0.3, 0.4) is 0 Å². The van der Waals surface area contributed by atoms with Gasteiger partial charge in [0.05, 0.1) is 5.56 Å². The average molecular weight is 314 g/mol. The third-order valence-electron chi connectivity index (χ3n) is 2.62. The Morgan fingerprint density at radius 3 is 2.77 bits per heavy atom. The Labute approximate surface area is 123 Å². The molecule has 7 nitrogen and oxygen atoms in total. The maximum atomic E-state index is 12.6. The molecule has 0 fully saturated rings. The highest BCUT2D eigenvalue weighted by atomic mass is 19.4. The quantitative estimate of drug-likeness (QED) is 0.495. The molecule has 118 valence electrons. The molecule has 2 rings (SSSR count). The van der Waals surface area contributed by atoms with E-state index in [0.717, 1.165) is 12.1 Å². The van der Waals surface area contributed by atoms with Crippen molar-refractivity contribution >= 4 is 17.3 Å². The molecule has 22 heavy (non-hydrogen) atoms. The van der Waals surface area contributed by atoms with Crippen LogP contribution >= 0.6 is 0 Å². The maximum Gasteiger partial charge on any atom is 0.416 e. The van der Waals surface area contributed by atoms with Gasteiger partial charge in [-0.05, 0) is 28.5 Å². The first-order valence-corrected chi connectivity index (χ1v) is 6.21. The first kappa shape index (κ1) is 15.8. The van der Waals surface area contributed by atoms with Gasteiger partial charge in [-0.1, -0.05) is 6.07 Å². The molecule has 2 aromatic rings. The maximum absolute atomic E-state index is 12.6. The second-order valence-corrected chi connectivity index (χ2v) is 4.26. The van der Waals surface area contributed by atoms with E-state index in [2.05, 4.69) is 25.6 Å². The van der Waals surface area contributed by atoms with Gasteiger partial charge in [0.2, 0.25) is 5.82 Å². The van der Waals surface area contributed by atoms with Gasteiger partial charge < -0.3 is 16.4 Å². The van der Waals surface area contributed by atoms with Crippen LogP contribution < -0.4 is 16.4 Å². The van der Waals surface area contributed by atoms with Crippen molar-refractivity contribution in [1.29, 1.82) is 5.41 Å². The second kappa shape index (κ2) is 6.43. The number of anilines is 2. The van der Waals surface area contributed by atoms with E-state index in [1.807, 2.05) is 0 Å². The third-order valence-corrected chi connectivity index (χ3v) is 2.62. The number of hydrogen-bond donors (Lipinski definition) is 4. The monoisotopic (exact) mass is 314 g/mol. The molecule has 0 bridgehead atoms.